The summed E-state index contributed by atoms with van der Waals surface area (Å²) in [6.45, 7) is 4.79. The lowest BCUT2D eigenvalue weighted by atomic mass is 10.1. The van der Waals surface area contributed by atoms with Crippen LogP contribution in [0, 0.1) is 0 Å². The van der Waals surface area contributed by atoms with Gasteiger partial charge in [-0.15, -0.1) is 0 Å². The number of nitrogens with zero attached hydrogens (tertiary/aromatic N) is 1. The van der Waals surface area contributed by atoms with Crippen molar-refractivity contribution >= 4 is 28.1 Å². The lowest BCUT2D eigenvalue weighted by Crippen LogP contribution is -2.25. The normalized spacial score (nSPS) is 12.0. The number of halogens is 1. The molecular formula is C19H21BrN2O4. The van der Waals surface area contributed by atoms with Gasteiger partial charge in [-0.25, -0.2) is 5.43 Å². The topological polar surface area (TPSA) is 80.2 Å². The van der Waals surface area contributed by atoms with Crippen molar-refractivity contribution in [2.75, 3.05) is 13.2 Å². The summed E-state index contributed by atoms with van der Waals surface area (Å²) in [7, 11) is 0. The maximum atomic E-state index is 12.0. The number of aliphatic hydroxyl groups is 1. The molecule has 6 nitrogen and oxygen atoms in total. The molecule has 0 heterocycles. The zero-order chi connectivity index (χ0) is 18.9. The standard InChI is InChI=1S/C19H21BrN2O4/c1-3-25-16-11-13(10-15(20)18(16)26-4-2)12-21-22-19(24)17(23)14-8-6-5-7-9-14/h5-12,17,23H,3-4H2,1-2H3,(H,22,24)/b21-12-/t17-/m0/s1. The Morgan fingerprint density at radius 1 is 1.23 bits per heavy atom. The lowest BCUT2D eigenvalue weighted by Gasteiger charge is -2.13. The third kappa shape index (κ3) is 5.31. The van der Waals surface area contributed by atoms with Crippen LogP contribution in [0.2, 0.25) is 0 Å². The predicted octanol–water partition coefficient (Wildman–Crippen LogP) is 3.43. The van der Waals surface area contributed by atoms with Crippen molar-refractivity contribution in [2.45, 2.75) is 20.0 Å². The second kappa shape index (κ2) is 9.94. The van der Waals surface area contributed by atoms with Crippen molar-refractivity contribution < 1.29 is 19.4 Å². The Labute approximate surface area is 161 Å². The number of hydrogen-bond donors (Lipinski definition) is 2. The first-order valence-electron chi connectivity index (χ1n) is 8.21. The molecule has 0 saturated heterocycles. The second-order valence-electron chi connectivity index (χ2n) is 5.24. The lowest BCUT2D eigenvalue weighted by molar-refractivity contribution is -0.129. The van der Waals surface area contributed by atoms with Gasteiger partial charge in [-0.1, -0.05) is 30.3 Å². The average Bonchev–Trinajstić information content (AvgIpc) is 2.65. The summed E-state index contributed by atoms with van der Waals surface area (Å²) in [6, 6.07) is 12.2. The average molecular weight is 421 g/mol. The van der Waals surface area contributed by atoms with E-state index in [2.05, 4.69) is 26.5 Å². The van der Waals surface area contributed by atoms with Gasteiger partial charge in [0.2, 0.25) is 0 Å². The zero-order valence-electron chi connectivity index (χ0n) is 14.6. The number of aliphatic hydroxyl groups excluding tert-OH is 1. The Bertz CT molecular complexity index is 766. The summed E-state index contributed by atoms with van der Waals surface area (Å²) in [6.07, 6.45) is 0.193. The van der Waals surface area contributed by atoms with Crippen LogP contribution in [0.25, 0.3) is 0 Å². The van der Waals surface area contributed by atoms with E-state index in [1.807, 2.05) is 19.9 Å². The van der Waals surface area contributed by atoms with Crippen LogP contribution < -0.4 is 14.9 Å². The molecular weight excluding hydrogens is 400 g/mol. The molecule has 7 heteroatoms. The first-order chi connectivity index (χ1) is 12.6. The summed E-state index contributed by atoms with van der Waals surface area (Å²) in [5.41, 5.74) is 3.54. The predicted molar refractivity (Wildman–Crippen MR) is 104 cm³/mol. The van der Waals surface area contributed by atoms with Crippen LogP contribution in [0.5, 0.6) is 11.5 Å². The summed E-state index contributed by atoms with van der Waals surface area (Å²) in [5, 5.41) is 13.9. The quantitative estimate of drug-likeness (QED) is 0.506. The summed E-state index contributed by atoms with van der Waals surface area (Å²) in [4.78, 5) is 12.0. The smallest absolute Gasteiger partial charge is 0.273 e. The van der Waals surface area contributed by atoms with Crippen LogP contribution in [0.1, 0.15) is 31.1 Å². The molecule has 2 aromatic rings. The maximum absolute atomic E-state index is 12.0. The molecule has 0 saturated carbocycles. The number of rotatable bonds is 8. The molecule has 0 fully saturated rings. The van der Waals surface area contributed by atoms with Crippen LogP contribution in [0.3, 0.4) is 0 Å². The molecule has 1 atom stereocenters. The van der Waals surface area contributed by atoms with E-state index in [1.165, 1.54) is 6.21 Å². The minimum atomic E-state index is -1.28. The summed E-state index contributed by atoms with van der Waals surface area (Å²) >= 11 is 3.45. The van der Waals surface area contributed by atoms with Gasteiger partial charge in [0.15, 0.2) is 17.6 Å². The van der Waals surface area contributed by atoms with Crippen molar-refractivity contribution in [3.8, 4) is 11.5 Å². The van der Waals surface area contributed by atoms with Gasteiger partial charge >= 0.3 is 0 Å². The zero-order valence-corrected chi connectivity index (χ0v) is 16.2. The van der Waals surface area contributed by atoms with Crippen molar-refractivity contribution in [3.05, 3.63) is 58.1 Å². The number of ether oxygens (including phenoxy) is 2. The van der Waals surface area contributed by atoms with Crippen molar-refractivity contribution in [1.82, 2.24) is 5.43 Å². The van der Waals surface area contributed by atoms with Crippen molar-refractivity contribution in [2.24, 2.45) is 5.10 Å². The van der Waals surface area contributed by atoms with Gasteiger partial charge in [0.25, 0.3) is 5.91 Å². The van der Waals surface area contributed by atoms with Crippen LogP contribution in [0.4, 0.5) is 0 Å². The van der Waals surface area contributed by atoms with E-state index in [4.69, 9.17) is 9.47 Å². The second-order valence-corrected chi connectivity index (χ2v) is 6.10. The third-order valence-electron chi connectivity index (χ3n) is 3.37. The van der Waals surface area contributed by atoms with Gasteiger partial charge in [0.05, 0.1) is 23.9 Å². The van der Waals surface area contributed by atoms with Crippen LogP contribution in [-0.4, -0.2) is 30.4 Å². The van der Waals surface area contributed by atoms with Gasteiger partial charge in [-0.05, 0) is 53.0 Å². The van der Waals surface area contributed by atoms with Gasteiger partial charge in [0.1, 0.15) is 0 Å². The molecule has 0 unspecified atom stereocenters. The SMILES string of the molecule is CCOc1cc(/C=N\NC(=O)[C@@H](O)c2ccccc2)cc(Br)c1OCC. The van der Waals surface area contributed by atoms with Gasteiger partial charge in [0, 0.05) is 0 Å². The van der Waals surface area contributed by atoms with E-state index in [0.29, 0.717) is 35.8 Å². The summed E-state index contributed by atoms with van der Waals surface area (Å²) in [5.74, 6) is 0.596. The van der Waals surface area contributed by atoms with E-state index in [-0.39, 0.29) is 0 Å². The summed E-state index contributed by atoms with van der Waals surface area (Å²) < 4.78 is 11.9. The number of hydrogen-bond acceptors (Lipinski definition) is 5. The highest BCUT2D eigenvalue weighted by atomic mass is 79.9. The Hall–Kier alpha value is -2.38. The van der Waals surface area contributed by atoms with Crippen molar-refractivity contribution in [3.63, 3.8) is 0 Å². The number of benzene rings is 2. The molecule has 0 aromatic heterocycles. The fourth-order valence-corrected chi connectivity index (χ4v) is 2.80. The van der Waals surface area contributed by atoms with E-state index >= 15 is 0 Å². The molecule has 2 aromatic carbocycles. The molecule has 0 bridgehead atoms. The fraction of sp³-hybridized carbons (Fsp3) is 0.263. The molecule has 0 radical (unpaired) electrons. The van der Waals surface area contributed by atoms with Crippen LogP contribution in [-0.2, 0) is 4.79 Å². The number of carbonyl (C=O) groups excluding carboxylic acids is 1. The van der Waals surface area contributed by atoms with E-state index in [1.54, 1.807) is 36.4 Å². The highest BCUT2D eigenvalue weighted by Crippen LogP contribution is 2.36. The molecule has 0 aliphatic rings. The molecule has 26 heavy (non-hydrogen) atoms. The Kier molecular flexibility index (Phi) is 7.62. The van der Waals surface area contributed by atoms with Gasteiger partial charge in [-0.2, -0.15) is 5.10 Å². The molecule has 138 valence electrons. The van der Waals surface area contributed by atoms with Crippen LogP contribution >= 0.6 is 15.9 Å². The molecule has 0 aliphatic heterocycles. The van der Waals surface area contributed by atoms with Gasteiger partial charge < -0.3 is 14.6 Å². The van der Waals surface area contributed by atoms with Gasteiger partial charge in [-0.3, -0.25) is 4.79 Å². The fourth-order valence-electron chi connectivity index (χ4n) is 2.23. The third-order valence-corrected chi connectivity index (χ3v) is 3.96. The van der Waals surface area contributed by atoms with Crippen molar-refractivity contribution in [1.29, 1.82) is 0 Å². The van der Waals surface area contributed by atoms with E-state index in [0.717, 1.165) is 4.47 Å². The highest BCUT2D eigenvalue weighted by Gasteiger charge is 2.16. The Morgan fingerprint density at radius 3 is 2.58 bits per heavy atom. The van der Waals surface area contributed by atoms with E-state index in [9.17, 15) is 9.90 Å². The number of amides is 1. The minimum absolute atomic E-state index is 0.493. The van der Waals surface area contributed by atoms with Crippen LogP contribution in [0.15, 0.2) is 52.0 Å². The molecule has 2 rings (SSSR count). The first kappa shape index (κ1) is 19.9. The maximum Gasteiger partial charge on any atom is 0.273 e. The minimum Gasteiger partial charge on any atom is -0.490 e. The monoisotopic (exact) mass is 420 g/mol. The number of carbonyl (C=O) groups is 1. The molecule has 0 spiro atoms. The first-order valence-corrected chi connectivity index (χ1v) is 9.01. The Balaban J connectivity index is 2.08. The molecule has 2 N–H and O–H groups in total. The largest absolute Gasteiger partial charge is 0.490 e. The number of nitrogens with one attached hydrogen (secondary N) is 1. The number of hydrazone groups is 1. The molecule has 0 aliphatic carbocycles. The van der Waals surface area contributed by atoms with E-state index < -0.39 is 12.0 Å². The molecule has 1 amide bonds. The Morgan fingerprint density at radius 2 is 1.92 bits per heavy atom. The highest BCUT2D eigenvalue weighted by molar-refractivity contribution is 9.10.